The van der Waals surface area contributed by atoms with Gasteiger partial charge in [0.1, 0.15) is 30.3 Å². The molecule has 3 aromatic carbocycles. The molecule has 0 aliphatic rings. The molecule has 0 atom stereocenters. The van der Waals surface area contributed by atoms with Crippen molar-refractivity contribution in [2.75, 3.05) is 7.11 Å². The van der Waals surface area contributed by atoms with Crippen LogP contribution in [0.15, 0.2) is 79.1 Å². The number of fused-ring (bicyclic) bond motifs is 1. The Morgan fingerprint density at radius 2 is 1.55 bits per heavy atom. The van der Waals surface area contributed by atoms with Gasteiger partial charge in [-0.05, 0) is 5.56 Å². The Labute approximate surface area is 188 Å². The minimum absolute atomic E-state index is 0.0428. The molecule has 164 valence electrons. The number of benzene rings is 3. The maximum Gasteiger partial charge on any atom is 0.256 e. The molecule has 2 aromatic heterocycles. The monoisotopic (exact) mass is 444 g/mol. The third-order valence-electron chi connectivity index (χ3n) is 5.16. The Morgan fingerprint density at radius 1 is 0.879 bits per heavy atom. The normalized spacial score (nSPS) is 11.0. The summed E-state index contributed by atoms with van der Waals surface area (Å²) in [6, 6.07) is 20.8. The van der Waals surface area contributed by atoms with E-state index in [-0.39, 0.29) is 35.1 Å². The number of methoxy groups -OCH3 is 1. The van der Waals surface area contributed by atoms with Gasteiger partial charge in [0.05, 0.1) is 23.9 Å². The van der Waals surface area contributed by atoms with E-state index in [1.54, 1.807) is 0 Å². The molecule has 0 aliphatic carbocycles. The summed E-state index contributed by atoms with van der Waals surface area (Å²) in [7, 11) is 1.35. The van der Waals surface area contributed by atoms with Gasteiger partial charge in [0.15, 0.2) is 0 Å². The molecule has 0 saturated heterocycles. The number of ether oxygens (including phenoxy) is 2. The number of rotatable bonds is 6. The minimum Gasteiger partial charge on any atom is -0.497 e. The van der Waals surface area contributed by atoms with Gasteiger partial charge in [-0.1, -0.05) is 60.7 Å². The van der Waals surface area contributed by atoms with Crippen LogP contribution in [0.25, 0.3) is 28.2 Å². The Morgan fingerprint density at radius 3 is 2.21 bits per heavy atom. The van der Waals surface area contributed by atoms with Gasteiger partial charge in [-0.3, -0.25) is 0 Å². The molecule has 6 nitrogen and oxygen atoms in total. The number of halogens is 2. The number of hydrogen-bond acceptors (Lipinski definition) is 5. The molecule has 0 saturated carbocycles. The van der Waals surface area contributed by atoms with Crippen molar-refractivity contribution >= 4 is 5.78 Å². The minimum atomic E-state index is -0.810. The zero-order valence-corrected chi connectivity index (χ0v) is 17.6. The second-order valence-electron chi connectivity index (χ2n) is 7.22. The van der Waals surface area contributed by atoms with Gasteiger partial charge >= 0.3 is 0 Å². The standard InChI is InChI=1S/C25H18F2N4O2/c1-32-18-12-19(26)21(20(27)13-18)22-23(17-10-6-3-7-11-17)31-25(28-15-29-31)30-24(22)33-14-16-8-4-2-5-9-16/h2-13,15H,14H2,1H3. The maximum atomic E-state index is 15.3. The molecule has 5 aromatic rings. The fourth-order valence-corrected chi connectivity index (χ4v) is 3.65. The Kier molecular flexibility index (Phi) is 5.40. The molecule has 8 heteroatoms. The average molecular weight is 444 g/mol. The summed E-state index contributed by atoms with van der Waals surface area (Å²) >= 11 is 0. The van der Waals surface area contributed by atoms with Crippen molar-refractivity contribution in [1.82, 2.24) is 19.6 Å². The fraction of sp³-hybridized carbons (Fsp3) is 0.0800. The number of hydrogen-bond donors (Lipinski definition) is 0. The van der Waals surface area contributed by atoms with Gasteiger partial charge in [0.2, 0.25) is 5.88 Å². The molecule has 0 amide bonds. The van der Waals surface area contributed by atoms with Crippen molar-refractivity contribution in [3.05, 3.63) is 96.3 Å². The van der Waals surface area contributed by atoms with E-state index in [2.05, 4.69) is 15.1 Å². The van der Waals surface area contributed by atoms with Crippen molar-refractivity contribution in [2.45, 2.75) is 6.61 Å². The summed E-state index contributed by atoms with van der Waals surface area (Å²) in [5.41, 5.74) is 1.80. The van der Waals surface area contributed by atoms with E-state index in [1.807, 2.05) is 60.7 Å². The first-order valence-electron chi connectivity index (χ1n) is 10.1. The molecule has 0 spiro atoms. The highest BCUT2D eigenvalue weighted by atomic mass is 19.1. The zero-order valence-electron chi connectivity index (χ0n) is 17.6. The highest BCUT2D eigenvalue weighted by Gasteiger charge is 2.26. The second kappa shape index (κ2) is 8.66. The third-order valence-corrected chi connectivity index (χ3v) is 5.16. The lowest BCUT2D eigenvalue weighted by Gasteiger charge is -2.18. The molecule has 0 aliphatic heterocycles. The van der Waals surface area contributed by atoms with E-state index in [0.29, 0.717) is 11.3 Å². The van der Waals surface area contributed by atoms with Gasteiger partial charge < -0.3 is 9.47 Å². The van der Waals surface area contributed by atoms with Crippen molar-refractivity contribution in [3.8, 4) is 34.0 Å². The summed E-state index contributed by atoms with van der Waals surface area (Å²) in [5.74, 6) is -1.27. The fourth-order valence-electron chi connectivity index (χ4n) is 3.65. The quantitative estimate of drug-likeness (QED) is 0.355. The van der Waals surface area contributed by atoms with Crippen LogP contribution in [-0.2, 0) is 6.61 Å². The van der Waals surface area contributed by atoms with Crippen LogP contribution in [0.1, 0.15) is 5.56 Å². The van der Waals surface area contributed by atoms with Crippen LogP contribution in [0.5, 0.6) is 11.6 Å². The first-order valence-corrected chi connectivity index (χ1v) is 10.1. The SMILES string of the molecule is COc1cc(F)c(-c2c(OCc3ccccc3)nc3ncnn3c2-c2ccccc2)c(F)c1. The molecule has 0 fully saturated rings. The van der Waals surface area contributed by atoms with Crippen molar-refractivity contribution in [3.63, 3.8) is 0 Å². The Hall–Kier alpha value is -4.33. The smallest absolute Gasteiger partial charge is 0.256 e. The van der Waals surface area contributed by atoms with Crippen molar-refractivity contribution in [1.29, 1.82) is 0 Å². The van der Waals surface area contributed by atoms with E-state index in [1.165, 1.54) is 18.0 Å². The van der Waals surface area contributed by atoms with Crippen LogP contribution in [0.2, 0.25) is 0 Å². The molecule has 33 heavy (non-hydrogen) atoms. The van der Waals surface area contributed by atoms with Crippen molar-refractivity contribution in [2.24, 2.45) is 0 Å². The van der Waals surface area contributed by atoms with E-state index in [0.717, 1.165) is 17.7 Å². The van der Waals surface area contributed by atoms with Gasteiger partial charge in [0.25, 0.3) is 5.78 Å². The zero-order chi connectivity index (χ0) is 22.8. The lowest BCUT2D eigenvalue weighted by molar-refractivity contribution is 0.295. The molecule has 0 bridgehead atoms. The maximum absolute atomic E-state index is 15.3. The molecule has 2 heterocycles. The van der Waals surface area contributed by atoms with Crippen LogP contribution in [0, 0.1) is 11.6 Å². The van der Waals surface area contributed by atoms with Gasteiger partial charge in [-0.2, -0.15) is 19.6 Å². The first kappa shape index (κ1) is 20.6. The Bertz CT molecular complexity index is 1400. The molecule has 0 radical (unpaired) electrons. The second-order valence-corrected chi connectivity index (χ2v) is 7.22. The Balaban J connectivity index is 1.79. The molecule has 0 unspecified atom stereocenters. The molecular formula is C25H18F2N4O2. The molecule has 5 rings (SSSR count). The van der Waals surface area contributed by atoms with Gasteiger partial charge in [0, 0.05) is 17.7 Å². The predicted octanol–water partition coefficient (Wildman–Crippen LogP) is 5.32. The summed E-state index contributed by atoms with van der Waals surface area (Å²) in [6.07, 6.45) is 1.33. The van der Waals surface area contributed by atoms with Crippen LogP contribution in [0.4, 0.5) is 8.78 Å². The average Bonchev–Trinajstić information content (AvgIpc) is 3.31. The molecule has 0 N–H and O–H groups in total. The predicted molar refractivity (Wildman–Crippen MR) is 119 cm³/mol. The summed E-state index contributed by atoms with van der Waals surface area (Å²) in [4.78, 5) is 8.62. The van der Waals surface area contributed by atoms with Crippen LogP contribution >= 0.6 is 0 Å². The van der Waals surface area contributed by atoms with Crippen LogP contribution in [0.3, 0.4) is 0 Å². The van der Waals surface area contributed by atoms with E-state index in [4.69, 9.17) is 9.47 Å². The van der Waals surface area contributed by atoms with E-state index < -0.39 is 11.6 Å². The summed E-state index contributed by atoms with van der Waals surface area (Å²) in [6.45, 7) is 0.152. The third kappa shape index (κ3) is 3.87. The summed E-state index contributed by atoms with van der Waals surface area (Å²) < 4.78 is 43.1. The number of nitrogens with zero attached hydrogens (tertiary/aromatic N) is 4. The highest BCUT2D eigenvalue weighted by Crippen LogP contribution is 2.42. The van der Waals surface area contributed by atoms with E-state index in [9.17, 15) is 0 Å². The lowest BCUT2D eigenvalue weighted by atomic mass is 9.98. The largest absolute Gasteiger partial charge is 0.497 e. The summed E-state index contributed by atoms with van der Waals surface area (Å²) in [5, 5.41) is 4.25. The van der Waals surface area contributed by atoms with Crippen LogP contribution in [-0.4, -0.2) is 26.7 Å². The first-order chi connectivity index (χ1) is 16.2. The molecular weight excluding hydrogens is 426 g/mol. The number of aromatic nitrogens is 4. The van der Waals surface area contributed by atoms with Crippen molar-refractivity contribution < 1.29 is 18.3 Å². The van der Waals surface area contributed by atoms with Gasteiger partial charge in [-0.25, -0.2) is 8.78 Å². The van der Waals surface area contributed by atoms with Gasteiger partial charge in [-0.15, -0.1) is 0 Å². The van der Waals surface area contributed by atoms with Crippen LogP contribution < -0.4 is 9.47 Å². The lowest BCUT2D eigenvalue weighted by Crippen LogP contribution is -2.08. The highest BCUT2D eigenvalue weighted by molar-refractivity contribution is 5.86. The van der Waals surface area contributed by atoms with E-state index >= 15 is 8.78 Å². The topological polar surface area (TPSA) is 61.5 Å².